The molecule has 2 aromatic carbocycles. The summed E-state index contributed by atoms with van der Waals surface area (Å²) in [6, 6.07) is 8.89. The molecule has 2 aromatic rings. The van der Waals surface area contributed by atoms with Gasteiger partial charge in [-0.3, -0.25) is 14.9 Å². The Bertz CT molecular complexity index is 671. The van der Waals surface area contributed by atoms with Crippen LogP contribution in [0.1, 0.15) is 34.1 Å². The van der Waals surface area contributed by atoms with Gasteiger partial charge in [-0.25, -0.2) is 0 Å². The second-order valence-electron chi connectivity index (χ2n) is 4.47. The molecule has 3 rings (SSSR count). The van der Waals surface area contributed by atoms with Gasteiger partial charge in [-0.05, 0) is 24.6 Å². The molecule has 0 saturated heterocycles. The number of carbonyl (C=O) groups excluding carboxylic acids is 2. The maximum absolute atomic E-state index is 11.8. The summed E-state index contributed by atoms with van der Waals surface area (Å²) in [6.45, 7) is 2.64. The highest BCUT2D eigenvalue weighted by Crippen LogP contribution is 2.33. The Morgan fingerprint density at radius 1 is 1.05 bits per heavy atom. The quantitative estimate of drug-likeness (QED) is 0.857. The first-order valence-electron chi connectivity index (χ1n) is 6.26. The maximum atomic E-state index is 11.8. The van der Waals surface area contributed by atoms with Crippen LogP contribution in [0.25, 0.3) is 10.8 Å². The van der Waals surface area contributed by atoms with E-state index in [-0.39, 0.29) is 11.8 Å². The molecule has 0 atom stereocenters. The molecular weight excluding hydrogens is 242 g/mol. The van der Waals surface area contributed by atoms with Gasteiger partial charge in [0.15, 0.2) is 0 Å². The van der Waals surface area contributed by atoms with Crippen LogP contribution < -0.4 is 10.1 Å². The largest absolute Gasteiger partial charge is 0.493 e. The SMILES string of the molecule is CCCOc1ccc2c3c(cccc13)C(=O)NC2=O. The lowest BCUT2D eigenvalue weighted by Crippen LogP contribution is -2.34. The van der Waals surface area contributed by atoms with Gasteiger partial charge in [0.25, 0.3) is 11.8 Å². The molecule has 0 aliphatic carbocycles. The van der Waals surface area contributed by atoms with Crippen LogP contribution in [-0.4, -0.2) is 18.4 Å². The molecule has 1 N–H and O–H groups in total. The van der Waals surface area contributed by atoms with Gasteiger partial charge in [0.2, 0.25) is 0 Å². The van der Waals surface area contributed by atoms with Crippen molar-refractivity contribution in [2.45, 2.75) is 13.3 Å². The number of hydrogen-bond donors (Lipinski definition) is 1. The molecule has 0 bridgehead atoms. The van der Waals surface area contributed by atoms with Crippen LogP contribution in [0.15, 0.2) is 30.3 Å². The molecule has 96 valence electrons. The van der Waals surface area contributed by atoms with Crippen molar-refractivity contribution >= 4 is 22.6 Å². The fourth-order valence-electron chi connectivity index (χ4n) is 2.33. The Balaban J connectivity index is 2.29. The number of ether oxygens (including phenoxy) is 1. The van der Waals surface area contributed by atoms with Gasteiger partial charge >= 0.3 is 0 Å². The fraction of sp³-hybridized carbons (Fsp3) is 0.200. The molecule has 0 radical (unpaired) electrons. The third kappa shape index (κ3) is 1.76. The van der Waals surface area contributed by atoms with Crippen LogP contribution >= 0.6 is 0 Å². The van der Waals surface area contributed by atoms with Crippen molar-refractivity contribution in [1.29, 1.82) is 0 Å². The Morgan fingerprint density at radius 2 is 1.79 bits per heavy atom. The second kappa shape index (κ2) is 4.39. The first kappa shape index (κ1) is 11.7. The fourth-order valence-corrected chi connectivity index (χ4v) is 2.33. The molecule has 4 heteroatoms. The Hall–Kier alpha value is -2.36. The van der Waals surface area contributed by atoms with Crippen LogP contribution in [0.5, 0.6) is 5.75 Å². The summed E-state index contributed by atoms with van der Waals surface area (Å²) >= 11 is 0. The van der Waals surface area contributed by atoms with Crippen molar-refractivity contribution in [3.63, 3.8) is 0 Å². The van der Waals surface area contributed by atoms with Gasteiger partial charge in [-0.2, -0.15) is 0 Å². The van der Waals surface area contributed by atoms with E-state index in [9.17, 15) is 9.59 Å². The maximum Gasteiger partial charge on any atom is 0.258 e. The van der Waals surface area contributed by atoms with Crippen LogP contribution in [0.4, 0.5) is 0 Å². The minimum Gasteiger partial charge on any atom is -0.493 e. The summed E-state index contributed by atoms with van der Waals surface area (Å²) in [7, 11) is 0. The zero-order chi connectivity index (χ0) is 13.4. The molecule has 0 saturated carbocycles. The molecule has 0 spiro atoms. The van der Waals surface area contributed by atoms with E-state index in [4.69, 9.17) is 4.74 Å². The van der Waals surface area contributed by atoms with E-state index >= 15 is 0 Å². The standard InChI is InChI=1S/C15H13NO3/c1-2-8-19-12-7-6-11-13-9(12)4-3-5-10(13)14(17)16-15(11)18/h3-7H,2,8H2,1H3,(H,16,17,18). The number of nitrogens with one attached hydrogen (secondary N) is 1. The molecular formula is C15H13NO3. The van der Waals surface area contributed by atoms with Gasteiger partial charge < -0.3 is 4.74 Å². The molecule has 1 heterocycles. The highest BCUT2D eigenvalue weighted by atomic mass is 16.5. The van der Waals surface area contributed by atoms with Gasteiger partial charge in [0, 0.05) is 21.9 Å². The first-order valence-corrected chi connectivity index (χ1v) is 6.26. The van der Waals surface area contributed by atoms with Crippen molar-refractivity contribution in [1.82, 2.24) is 5.32 Å². The molecule has 0 unspecified atom stereocenters. The van der Waals surface area contributed by atoms with E-state index < -0.39 is 0 Å². The van der Waals surface area contributed by atoms with Crippen molar-refractivity contribution in [3.05, 3.63) is 41.5 Å². The monoisotopic (exact) mass is 255 g/mol. The minimum absolute atomic E-state index is 0.351. The summed E-state index contributed by atoms with van der Waals surface area (Å²) in [5.41, 5.74) is 1.04. The van der Waals surface area contributed by atoms with E-state index in [1.54, 1.807) is 24.3 Å². The minimum atomic E-state index is -0.351. The smallest absolute Gasteiger partial charge is 0.258 e. The van der Waals surface area contributed by atoms with Crippen LogP contribution in [0.2, 0.25) is 0 Å². The molecule has 1 aliphatic rings. The Morgan fingerprint density at radius 3 is 2.53 bits per heavy atom. The summed E-state index contributed by atoms with van der Waals surface area (Å²) in [5.74, 6) is 0.0106. The predicted octanol–water partition coefficient (Wildman–Crippen LogP) is 2.51. The average Bonchev–Trinajstić information content (AvgIpc) is 2.42. The molecule has 0 fully saturated rings. The number of amides is 2. The zero-order valence-corrected chi connectivity index (χ0v) is 10.5. The normalized spacial score (nSPS) is 13.5. The van der Waals surface area contributed by atoms with Gasteiger partial charge in [-0.15, -0.1) is 0 Å². The lowest BCUT2D eigenvalue weighted by molar-refractivity contribution is 0.0845. The summed E-state index contributed by atoms with van der Waals surface area (Å²) in [5, 5.41) is 3.84. The van der Waals surface area contributed by atoms with E-state index in [1.165, 1.54) is 0 Å². The number of rotatable bonds is 3. The molecule has 0 aromatic heterocycles. The topological polar surface area (TPSA) is 55.4 Å². The van der Waals surface area contributed by atoms with Crippen molar-refractivity contribution in [2.24, 2.45) is 0 Å². The summed E-state index contributed by atoms with van der Waals surface area (Å²) < 4.78 is 5.67. The molecule has 19 heavy (non-hydrogen) atoms. The van der Waals surface area contributed by atoms with E-state index in [1.807, 2.05) is 13.0 Å². The lowest BCUT2D eigenvalue weighted by Gasteiger charge is -2.18. The predicted molar refractivity (Wildman–Crippen MR) is 71.5 cm³/mol. The summed E-state index contributed by atoms with van der Waals surface area (Å²) in [6.07, 6.45) is 0.905. The molecule has 1 aliphatic heterocycles. The van der Waals surface area contributed by atoms with Gasteiger partial charge in [0.1, 0.15) is 5.75 Å². The van der Waals surface area contributed by atoms with Crippen molar-refractivity contribution in [2.75, 3.05) is 6.61 Å². The Kier molecular flexibility index (Phi) is 2.71. The van der Waals surface area contributed by atoms with Crippen molar-refractivity contribution in [3.8, 4) is 5.75 Å². The number of imide groups is 1. The highest BCUT2D eigenvalue weighted by Gasteiger charge is 2.25. The number of carbonyl (C=O) groups is 2. The highest BCUT2D eigenvalue weighted by molar-refractivity contribution is 6.26. The first-order chi connectivity index (χ1) is 9.22. The average molecular weight is 255 g/mol. The van der Waals surface area contributed by atoms with Gasteiger partial charge in [-0.1, -0.05) is 19.1 Å². The molecule has 2 amide bonds. The second-order valence-corrected chi connectivity index (χ2v) is 4.47. The van der Waals surface area contributed by atoms with E-state index in [2.05, 4.69) is 5.32 Å². The third-order valence-corrected chi connectivity index (χ3v) is 3.18. The lowest BCUT2D eigenvalue weighted by atomic mass is 9.95. The van der Waals surface area contributed by atoms with Crippen molar-refractivity contribution < 1.29 is 14.3 Å². The third-order valence-electron chi connectivity index (χ3n) is 3.18. The van der Waals surface area contributed by atoms with Crippen LogP contribution in [-0.2, 0) is 0 Å². The van der Waals surface area contributed by atoms with Gasteiger partial charge in [0.05, 0.1) is 6.61 Å². The van der Waals surface area contributed by atoms with E-state index in [0.717, 1.165) is 11.8 Å². The molecule has 4 nitrogen and oxygen atoms in total. The Labute approximate surface area is 110 Å². The summed E-state index contributed by atoms with van der Waals surface area (Å²) in [4.78, 5) is 23.7. The van der Waals surface area contributed by atoms with E-state index in [0.29, 0.717) is 28.9 Å². The van der Waals surface area contributed by atoms with Crippen LogP contribution in [0, 0.1) is 0 Å². The number of benzene rings is 2. The van der Waals surface area contributed by atoms with Crippen LogP contribution in [0.3, 0.4) is 0 Å². The number of hydrogen-bond acceptors (Lipinski definition) is 3. The zero-order valence-electron chi connectivity index (χ0n) is 10.5.